The van der Waals surface area contributed by atoms with Crippen molar-refractivity contribution < 1.29 is 14.6 Å². The van der Waals surface area contributed by atoms with Crippen molar-refractivity contribution in [2.45, 2.75) is 25.8 Å². The molecule has 0 saturated carbocycles. The van der Waals surface area contributed by atoms with E-state index < -0.39 is 0 Å². The quantitative estimate of drug-likeness (QED) is 0.867. The minimum absolute atomic E-state index is 0.0677. The summed E-state index contributed by atoms with van der Waals surface area (Å²) in [7, 11) is 1.98. The number of rotatable bonds is 4. The van der Waals surface area contributed by atoms with E-state index in [-0.39, 0.29) is 24.7 Å². The Hall–Kier alpha value is -1.75. The molecule has 1 aliphatic heterocycles. The fourth-order valence-corrected chi connectivity index (χ4v) is 2.07. The van der Waals surface area contributed by atoms with E-state index in [0.29, 0.717) is 17.9 Å². The third kappa shape index (κ3) is 2.81. The van der Waals surface area contributed by atoms with Crippen molar-refractivity contribution in [1.29, 1.82) is 0 Å². The number of aliphatic hydroxyl groups excluding tert-OH is 1. The lowest BCUT2D eigenvalue weighted by atomic mass is 9.98. The molecular formula is C14H20N2O3. The second kappa shape index (κ2) is 5.09. The van der Waals surface area contributed by atoms with Crippen LogP contribution in [-0.4, -0.2) is 36.8 Å². The van der Waals surface area contributed by atoms with Gasteiger partial charge in [-0.3, -0.25) is 4.79 Å². The number of carbonyl (C=O) groups excluding carboxylic acids is 1. The zero-order chi connectivity index (χ0) is 14.0. The van der Waals surface area contributed by atoms with Gasteiger partial charge in [-0.2, -0.15) is 0 Å². The molecule has 0 bridgehead atoms. The maximum absolute atomic E-state index is 11.3. The van der Waals surface area contributed by atoms with Crippen molar-refractivity contribution in [2.24, 2.45) is 0 Å². The number of hydrogen-bond donors (Lipinski definition) is 2. The van der Waals surface area contributed by atoms with E-state index in [0.717, 1.165) is 5.69 Å². The smallest absolute Gasteiger partial charge is 0.262 e. The predicted molar refractivity (Wildman–Crippen MR) is 74.8 cm³/mol. The normalized spacial score (nSPS) is 14.4. The van der Waals surface area contributed by atoms with Gasteiger partial charge in [-0.1, -0.05) is 0 Å². The summed E-state index contributed by atoms with van der Waals surface area (Å²) in [6.45, 7) is 4.34. The van der Waals surface area contributed by atoms with Gasteiger partial charge in [0, 0.05) is 24.9 Å². The fraction of sp³-hybridized carbons (Fsp3) is 0.500. The molecule has 0 radical (unpaired) electrons. The third-order valence-corrected chi connectivity index (χ3v) is 3.61. The minimum Gasteiger partial charge on any atom is -0.482 e. The van der Waals surface area contributed by atoms with Crippen molar-refractivity contribution in [3.63, 3.8) is 0 Å². The van der Waals surface area contributed by atoms with Gasteiger partial charge in [0.15, 0.2) is 6.61 Å². The lowest BCUT2D eigenvalue weighted by Gasteiger charge is -2.37. The first-order chi connectivity index (χ1) is 8.94. The molecule has 5 heteroatoms. The first-order valence-electron chi connectivity index (χ1n) is 6.35. The van der Waals surface area contributed by atoms with Crippen LogP contribution in [0.15, 0.2) is 18.2 Å². The van der Waals surface area contributed by atoms with Crippen LogP contribution in [0, 0.1) is 0 Å². The SMILES string of the molecule is CN(c1ccc2c(c1)NC(=O)CO2)C(C)(C)CCO. The Balaban J connectivity index is 2.26. The fourth-order valence-electron chi connectivity index (χ4n) is 2.07. The lowest BCUT2D eigenvalue weighted by Crippen LogP contribution is -2.42. The Morgan fingerprint density at radius 2 is 2.21 bits per heavy atom. The van der Waals surface area contributed by atoms with E-state index >= 15 is 0 Å². The summed E-state index contributed by atoms with van der Waals surface area (Å²) in [4.78, 5) is 13.4. The van der Waals surface area contributed by atoms with Crippen LogP contribution in [0.5, 0.6) is 5.75 Å². The van der Waals surface area contributed by atoms with Gasteiger partial charge in [0.2, 0.25) is 0 Å². The van der Waals surface area contributed by atoms with E-state index in [1.165, 1.54) is 0 Å². The highest BCUT2D eigenvalue weighted by molar-refractivity contribution is 5.96. The van der Waals surface area contributed by atoms with Crippen molar-refractivity contribution in [3.05, 3.63) is 18.2 Å². The maximum atomic E-state index is 11.3. The number of carbonyl (C=O) groups is 1. The standard InChI is InChI=1S/C14H20N2O3/c1-14(2,6-7-17)16(3)10-4-5-12-11(8-10)15-13(18)9-19-12/h4-5,8,17H,6-7,9H2,1-3H3,(H,15,18). The molecule has 0 aromatic heterocycles. The Kier molecular flexibility index (Phi) is 3.66. The molecule has 19 heavy (non-hydrogen) atoms. The van der Waals surface area contributed by atoms with E-state index in [9.17, 15) is 4.79 Å². The van der Waals surface area contributed by atoms with Crippen molar-refractivity contribution in [3.8, 4) is 5.75 Å². The summed E-state index contributed by atoms with van der Waals surface area (Å²) in [6.07, 6.45) is 0.670. The van der Waals surface area contributed by atoms with Crippen LogP contribution in [0.25, 0.3) is 0 Å². The molecule has 1 heterocycles. The van der Waals surface area contributed by atoms with Gasteiger partial charge in [0.1, 0.15) is 5.75 Å². The van der Waals surface area contributed by atoms with E-state index in [1.54, 1.807) is 0 Å². The number of hydrogen-bond acceptors (Lipinski definition) is 4. The average Bonchev–Trinajstić information content (AvgIpc) is 2.36. The molecule has 0 unspecified atom stereocenters. The summed E-state index contributed by atoms with van der Waals surface area (Å²) in [5.41, 5.74) is 1.51. The molecule has 1 aromatic rings. The summed E-state index contributed by atoms with van der Waals surface area (Å²) in [5.74, 6) is 0.554. The summed E-state index contributed by atoms with van der Waals surface area (Å²) in [5, 5.41) is 11.9. The molecule has 0 atom stereocenters. The number of aliphatic hydroxyl groups is 1. The van der Waals surface area contributed by atoms with E-state index in [2.05, 4.69) is 24.1 Å². The first kappa shape index (κ1) is 13.7. The molecule has 2 N–H and O–H groups in total. The topological polar surface area (TPSA) is 61.8 Å². The van der Waals surface area contributed by atoms with Gasteiger partial charge in [-0.15, -0.1) is 0 Å². The van der Waals surface area contributed by atoms with E-state index in [4.69, 9.17) is 9.84 Å². The van der Waals surface area contributed by atoms with Crippen molar-refractivity contribution in [2.75, 3.05) is 30.5 Å². The zero-order valence-electron chi connectivity index (χ0n) is 11.6. The highest BCUT2D eigenvalue weighted by Crippen LogP contribution is 2.34. The van der Waals surface area contributed by atoms with Gasteiger partial charge in [-0.25, -0.2) is 0 Å². The highest BCUT2D eigenvalue weighted by Gasteiger charge is 2.25. The number of anilines is 2. The van der Waals surface area contributed by atoms with Crippen LogP contribution in [0.1, 0.15) is 20.3 Å². The first-order valence-corrected chi connectivity index (χ1v) is 6.35. The van der Waals surface area contributed by atoms with Crippen LogP contribution < -0.4 is 15.0 Å². The predicted octanol–water partition coefficient (Wildman–Crippen LogP) is 1.61. The van der Waals surface area contributed by atoms with Crippen LogP contribution in [0.3, 0.4) is 0 Å². The summed E-state index contributed by atoms with van der Waals surface area (Å²) in [6, 6.07) is 5.70. The number of benzene rings is 1. The highest BCUT2D eigenvalue weighted by atomic mass is 16.5. The van der Waals surface area contributed by atoms with Gasteiger partial charge < -0.3 is 20.1 Å². The van der Waals surface area contributed by atoms with Gasteiger partial charge in [0.05, 0.1) is 5.69 Å². The second-order valence-electron chi connectivity index (χ2n) is 5.36. The molecule has 1 aromatic carbocycles. The monoisotopic (exact) mass is 264 g/mol. The molecule has 5 nitrogen and oxygen atoms in total. The van der Waals surface area contributed by atoms with Gasteiger partial charge in [0.25, 0.3) is 5.91 Å². The number of fused-ring (bicyclic) bond motifs is 1. The number of amides is 1. The molecular weight excluding hydrogens is 244 g/mol. The van der Waals surface area contributed by atoms with Crippen LogP contribution in [0.4, 0.5) is 11.4 Å². The second-order valence-corrected chi connectivity index (χ2v) is 5.36. The molecule has 0 spiro atoms. The molecule has 104 valence electrons. The van der Waals surface area contributed by atoms with Gasteiger partial charge >= 0.3 is 0 Å². The Bertz CT molecular complexity index is 486. The molecule has 1 aliphatic rings. The zero-order valence-corrected chi connectivity index (χ0v) is 11.6. The summed E-state index contributed by atoms with van der Waals surface area (Å²) >= 11 is 0. The van der Waals surface area contributed by atoms with Crippen LogP contribution in [-0.2, 0) is 4.79 Å². The third-order valence-electron chi connectivity index (χ3n) is 3.61. The largest absolute Gasteiger partial charge is 0.482 e. The van der Waals surface area contributed by atoms with Crippen LogP contribution in [0.2, 0.25) is 0 Å². The maximum Gasteiger partial charge on any atom is 0.262 e. The Morgan fingerprint density at radius 1 is 1.47 bits per heavy atom. The molecule has 1 amide bonds. The van der Waals surface area contributed by atoms with Gasteiger partial charge in [-0.05, 0) is 38.5 Å². The minimum atomic E-state index is -0.164. The Morgan fingerprint density at radius 3 is 2.89 bits per heavy atom. The molecule has 0 aliphatic carbocycles. The van der Waals surface area contributed by atoms with Crippen LogP contribution >= 0.6 is 0 Å². The molecule has 2 rings (SSSR count). The molecule has 0 saturated heterocycles. The number of nitrogens with one attached hydrogen (secondary N) is 1. The van der Waals surface area contributed by atoms with E-state index in [1.807, 2.05) is 25.2 Å². The average molecular weight is 264 g/mol. The Labute approximate surface area is 113 Å². The number of ether oxygens (including phenoxy) is 1. The lowest BCUT2D eigenvalue weighted by molar-refractivity contribution is -0.118. The molecule has 0 fully saturated rings. The number of nitrogens with zero attached hydrogens (tertiary/aromatic N) is 1. The van der Waals surface area contributed by atoms with Crippen molar-refractivity contribution >= 4 is 17.3 Å². The van der Waals surface area contributed by atoms with Crippen molar-refractivity contribution in [1.82, 2.24) is 0 Å². The summed E-state index contributed by atoms with van der Waals surface area (Å²) < 4.78 is 5.33.